The van der Waals surface area contributed by atoms with E-state index in [1.165, 1.54) is 6.54 Å². The van der Waals surface area contributed by atoms with Gasteiger partial charge in [-0.15, -0.1) is 0 Å². The van der Waals surface area contributed by atoms with Gasteiger partial charge in [-0.3, -0.25) is 4.90 Å². The number of rotatable bonds is 1. The van der Waals surface area contributed by atoms with E-state index in [0.717, 1.165) is 13.0 Å². The summed E-state index contributed by atoms with van der Waals surface area (Å²) in [4.78, 5) is 14.1. The molecule has 92 valence electrons. The summed E-state index contributed by atoms with van der Waals surface area (Å²) in [5.41, 5.74) is -0.409. The fourth-order valence-electron chi connectivity index (χ4n) is 2.35. The van der Waals surface area contributed by atoms with Gasteiger partial charge in [-0.1, -0.05) is 6.92 Å². The molecule has 2 aliphatic heterocycles. The molecule has 2 saturated heterocycles. The average Bonchev–Trinajstić information content (AvgIpc) is 2.78. The third kappa shape index (κ3) is 2.88. The van der Waals surface area contributed by atoms with Gasteiger partial charge >= 0.3 is 6.09 Å². The summed E-state index contributed by atoms with van der Waals surface area (Å²) >= 11 is 0. The molecule has 0 aromatic rings. The van der Waals surface area contributed by atoms with Crippen LogP contribution in [0.4, 0.5) is 4.79 Å². The number of nitrogens with zero attached hydrogens (tertiary/aromatic N) is 1. The van der Waals surface area contributed by atoms with E-state index in [-0.39, 0.29) is 12.1 Å². The van der Waals surface area contributed by atoms with Gasteiger partial charge in [0.2, 0.25) is 0 Å². The minimum Gasteiger partial charge on any atom is -0.444 e. The van der Waals surface area contributed by atoms with Gasteiger partial charge in [-0.25, -0.2) is 4.79 Å². The van der Waals surface area contributed by atoms with Gasteiger partial charge < -0.3 is 10.1 Å². The molecule has 2 heterocycles. The summed E-state index contributed by atoms with van der Waals surface area (Å²) in [6, 6.07) is 0.981. The van der Waals surface area contributed by atoms with Crippen molar-refractivity contribution in [3.63, 3.8) is 0 Å². The summed E-state index contributed by atoms with van der Waals surface area (Å²) in [7, 11) is 0. The van der Waals surface area contributed by atoms with Crippen molar-refractivity contribution < 1.29 is 9.53 Å². The molecule has 2 rings (SSSR count). The highest BCUT2D eigenvalue weighted by atomic mass is 16.6. The van der Waals surface area contributed by atoms with E-state index < -0.39 is 5.60 Å². The number of ether oxygens (including phenoxy) is 1. The molecule has 0 aromatic carbocycles. The van der Waals surface area contributed by atoms with E-state index in [1.807, 2.05) is 20.8 Å². The Morgan fingerprint density at radius 2 is 2.06 bits per heavy atom. The molecule has 0 bridgehead atoms. The van der Waals surface area contributed by atoms with Crippen LogP contribution in [0.15, 0.2) is 0 Å². The molecule has 0 spiro atoms. The zero-order valence-corrected chi connectivity index (χ0v) is 10.6. The number of alkyl carbamates (subject to hydrolysis) is 1. The normalized spacial score (nSPS) is 37.5. The lowest BCUT2D eigenvalue weighted by Crippen LogP contribution is -2.47. The third-order valence-electron chi connectivity index (χ3n) is 3.27. The Balaban J connectivity index is 1.82. The number of carbonyl (C=O) groups is 1. The minimum absolute atomic E-state index is 0.276. The van der Waals surface area contributed by atoms with Crippen molar-refractivity contribution in [2.24, 2.45) is 5.92 Å². The average molecular weight is 226 g/mol. The third-order valence-corrected chi connectivity index (χ3v) is 3.27. The van der Waals surface area contributed by atoms with E-state index in [9.17, 15) is 4.79 Å². The van der Waals surface area contributed by atoms with Crippen molar-refractivity contribution in [3.8, 4) is 0 Å². The SMILES string of the molecule is CC1CN2CC2CC1NC(=O)OC(C)(C)C. The number of hydrogen-bond acceptors (Lipinski definition) is 3. The molecule has 0 saturated carbocycles. The maximum atomic E-state index is 11.6. The summed E-state index contributed by atoms with van der Waals surface area (Å²) in [6.45, 7) is 10.2. The zero-order chi connectivity index (χ0) is 11.9. The Kier molecular flexibility index (Phi) is 2.86. The van der Waals surface area contributed by atoms with E-state index in [0.29, 0.717) is 12.0 Å². The second-order valence-corrected chi connectivity index (χ2v) is 6.07. The van der Waals surface area contributed by atoms with Crippen LogP contribution in [0.25, 0.3) is 0 Å². The van der Waals surface area contributed by atoms with Gasteiger partial charge in [0.05, 0.1) is 0 Å². The molecule has 2 fully saturated rings. The maximum absolute atomic E-state index is 11.6. The fraction of sp³-hybridized carbons (Fsp3) is 0.917. The van der Waals surface area contributed by atoms with Crippen molar-refractivity contribution >= 4 is 6.09 Å². The molecule has 2 aliphatic rings. The first kappa shape index (κ1) is 11.7. The van der Waals surface area contributed by atoms with Crippen LogP contribution in [-0.4, -0.2) is 41.8 Å². The molecule has 0 aliphatic carbocycles. The van der Waals surface area contributed by atoms with Crippen LogP contribution in [0.1, 0.15) is 34.1 Å². The quantitative estimate of drug-likeness (QED) is 0.691. The van der Waals surface area contributed by atoms with Crippen LogP contribution in [0.5, 0.6) is 0 Å². The van der Waals surface area contributed by atoms with Crippen molar-refractivity contribution in [1.29, 1.82) is 0 Å². The van der Waals surface area contributed by atoms with E-state index in [1.54, 1.807) is 0 Å². The number of fused-ring (bicyclic) bond motifs is 1. The van der Waals surface area contributed by atoms with E-state index >= 15 is 0 Å². The zero-order valence-electron chi connectivity index (χ0n) is 10.6. The highest BCUT2D eigenvalue weighted by Crippen LogP contribution is 2.32. The Bertz CT molecular complexity index is 285. The molecular formula is C12H22N2O2. The molecule has 4 unspecified atom stereocenters. The van der Waals surface area contributed by atoms with Crippen LogP contribution in [0.2, 0.25) is 0 Å². The highest BCUT2D eigenvalue weighted by molar-refractivity contribution is 5.68. The highest BCUT2D eigenvalue weighted by Gasteiger charge is 2.43. The van der Waals surface area contributed by atoms with Crippen molar-refractivity contribution in [2.75, 3.05) is 13.1 Å². The smallest absolute Gasteiger partial charge is 0.407 e. The van der Waals surface area contributed by atoms with Gasteiger partial charge in [-0.05, 0) is 33.1 Å². The Hall–Kier alpha value is -0.770. The Labute approximate surface area is 97.3 Å². The molecule has 0 radical (unpaired) electrons. The van der Waals surface area contributed by atoms with Crippen LogP contribution < -0.4 is 5.32 Å². The number of piperidine rings is 1. The van der Waals surface area contributed by atoms with E-state index in [4.69, 9.17) is 4.74 Å². The lowest BCUT2D eigenvalue weighted by molar-refractivity contribution is 0.0471. The summed E-state index contributed by atoms with van der Waals surface area (Å²) in [5.74, 6) is 0.520. The molecule has 16 heavy (non-hydrogen) atoms. The van der Waals surface area contributed by atoms with E-state index in [2.05, 4.69) is 17.1 Å². The molecule has 0 aromatic heterocycles. The number of carbonyl (C=O) groups excluding carboxylic acids is 1. The molecule has 1 N–H and O–H groups in total. The van der Waals surface area contributed by atoms with Crippen molar-refractivity contribution in [1.82, 2.24) is 10.2 Å². The summed E-state index contributed by atoms with van der Waals surface area (Å²) in [5, 5.41) is 2.99. The van der Waals surface area contributed by atoms with Gasteiger partial charge in [0, 0.05) is 25.2 Å². The minimum atomic E-state index is -0.409. The first-order valence-electron chi connectivity index (χ1n) is 6.09. The number of nitrogens with one attached hydrogen (secondary N) is 1. The van der Waals surface area contributed by atoms with Crippen LogP contribution in [0.3, 0.4) is 0 Å². The van der Waals surface area contributed by atoms with Gasteiger partial charge in [0.15, 0.2) is 0 Å². The fourth-order valence-corrected chi connectivity index (χ4v) is 2.35. The van der Waals surface area contributed by atoms with Gasteiger partial charge in [0.25, 0.3) is 0 Å². The molecule has 4 atom stereocenters. The van der Waals surface area contributed by atoms with Gasteiger partial charge in [-0.2, -0.15) is 0 Å². The van der Waals surface area contributed by atoms with Crippen LogP contribution >= 0.6 is 0 Å². The lowest BCUT2D eigenvalue weighted by Gasteiger charge is -2.30. The van der Waals surface area contributed by atoms with Crippen molar-refractivity contribution in [2.45, 2.75) is 51.8 Å². The van der Waals surface area contributed by atoms with Crippen molar-refractivity contribution in [3.05, 3.63) is 0 Å². The first-order chi connectivity index (χ1) is 7.35. The Morgan fingerprint density at radius 1 is 1.38 bits per heavy atom. The summed E-state index contributed by atoms with van der Waals surface area (Å²) < 4.78 is 5.27. The molecule has 4 nitrogen and oxygen atoms in total. The second kappa shape index (κ2) is 3.91. The first-order valence-corrected chi connectivity index (χ1v) is 6.09. The molecule has 1 amide bonds. The van der Waals surface area contributed by atoms with Gasteiger partial charge in [0.1, 0.15) is 5.60 Å². The molecular weight excluding hydrogens is 204 g/mol. The second-order valence-electron chi connectivity index (χ2n) is 6.07. The topological polar surface area (TPSA) is 41.3 Å². The predicted octanol–water partition coefficient (Wildman–Crippen LogP) is 1.60. The standard InChI is InChI=1S/C12H22N2O2/c1-8-6-14-7-9(14)5-10(8)13-11(15)16-12(2,3)4/h8-10H,5-7H2,1-4H3,(H,13,15). The monoisotopic (exact) mass is 226 g/mol. The summed E-state index contributed by atoms with van der Waals surface area (Å²) in [6.07, 6.45) is 0.791. The largest absolute Gasteiger partial charge is 0.444 e. The predicted molar refractivity (Wildman–Crippen MR) is 62.3 cm³/mol. The van der Waals surface area contributed by atoms with Crippen LogP contribution in [-0.2, 0) is 4.74 Å². The maximum Gasteiger partial charge on any atom is 0.407 e. The number of amides is 1. The van der Waals surface area contributed by atoms with Crippen LogP contribution in [0, 0.1) is 5.92 Å². The Morgan fingerprint density at radius 3 is 2.69 bits per heavy atom. The number of hydrogen-bond donors (Lipinski definition) is 1. The molecule has 4 heteroatoms. The lowest BCUT2D eigenvalue weighted by atomic mass is 9.95.